The molecule has 4 aliphatic rings. The molecule has 31 heavy (non-hydrogen) atoms. The molecule has 4 heterocycles. The van der Waals surface area contributed by atoms with Crippen LogP contribution in [0.15, 0.2) is 18.2 Å². The van der Waals surface area contributed by atoms with E-state index in [0.29, 0.717) is 29.1 Å². The molecular weight excluding hydrogens is 396 g/mol. The number of benzene rings is 1. The number of piperidine rings is 2. The van der Waals surface area contributed by atoms with E-state index in [1.165, 1.54) is 25.7 Å². The van der Waals surface area contributed by atoms with Gasteiger partial charge in [0.15, 0.2) is 0 Å². The van der Waals surface area contributed by atoms with E-state index in [9.17, 15) is 19.2 Å². The highest BCUT2D eigenvalue weighted by atomic mass is 16.2. The normalized spacial score (nSPS) is 30.9. The molecule has 1 aromatic rings. The van der Waals surface area contributed by atoms with E-state index in [2.05, 4.69) is 22.9 Å². The molecule has 8 nitrogen and oxygen atoms in total. The second-order valence-corrected chi connectivity index (χ2v) is 9.46. The summed E-state index contributed by atoms with van der Waals surface area (Å²) in [5, 5.41) is 9.38. The van der Waals surface area contributed by atoms with E-state index in [-0.39, 0.29) is 24.8 Å². The van der Waals surface area contributed by atoms with Crippen molar-refractivity contribution in [2.24, 2.45) is 5.92 Å². The van der Waals surface area contributed by atoms with Gasteiger partial charge in [-0.1, -0.05) is 0 Å². The number of hydrogen-bond donors (Lipinski definition) is 3. The van der Waals surface area contributed by atoms with Gasteiger partial charge in [-0.25, -0.2) is 0 Å². The van der Waals surface area contributed by atoms with Crippen LogP contribution in [0.3, 0.4) is 0 Å². The summed E-state index contributed by atoms with van der Waals surface area (Å²) in [5.74, 6) is -1.21. The van der Waals surface area contributed by atoms with Gasteiger partial charge in [-0.2, -0.15) is 0 Å². The smallest absolute Gasteiger partial charge is 0.262 e. The first kappa shape index (κ1) is 20.2. The van der Waals surface area contributed by atoms with Crippen molar-refractivity contribution in [1.82, 2.24) is 15.5 Å². The minimum Gasteiger partial charge on any atom is -0.383 e. The first-order valence-corrected chi connectivity index (χ1v) is 11.3. The van der Waals surface area contributed by atoms with Crippen LogP contribution >= 0.6 is 0 Å². The Kier molecular flexibility index (Phi) is 5.04. The van der Waals surface area contributed by atoms with Gasteiger partial charge < -0.3 is 10.6 Å². The number of imide groups is 2. The van der Waals surface area contributed by atoms with Crippen molar-refractivity contribution >= 4 is 29.3 Å². The third-order valence-corrected chi connectivity index (χ3v) is 7.11. The molecule has 0 aliphatic carbocycles. The number of carbonyl (C=O) groups excluding carboxylic acids is 4. The molecule has 4 atom stereocenters. The first-order chi connectivity index (χ1) is 14.9. The number of nitrogens with zero attached hydrogens (tertiary/aromatic N) is 1. The lowest BCUT2D eigenvalue weighted by Gasteiger charge is -2.31. The molecule has 0 aromatic heterocycles. The van der Waals surface area contributed by atoms with Crippen molar-refractivity contribution < 1.29 is 19.2 Å². The molecule has 3 fully saturated rings. The van der Waals surface area contributed by atoms with Crippen LogP contribution in [0.1, 0.15) is 72.6 Å². The summed E-state index contributed by atoms with van der Waals surface area (Å²) in [4.78, 5) is 50.4. The van der Waals surface area contributed by atoms with Gasteiger partial charge in [-0.05, 0) is 69.6 Å². The average Bonchev–Trinajstić information content (AvgIpc) is 3.18. The number of anilines is 1. The molecule has 4 aliphatic heterocycles. The lowest BCUT2D eigenvalue weighted by atomic mass is 9.87. The first-order valence-electron chi connectivity index (χ1n) is 11.3. The summed E-state index contributed by atoms with van der Waals surface area (Å²) >= 11 is 0. The van der Waals surface area contributed by atoms with Crippen LogP contribution in [-0.4, -0.2) is 52.7 Å². The molecule has 0 saturated carbocycles. The Balaban J connectivity index is 1.26. The predicted molar refractivity (Wildman–Crippen MR) is 113 cm³/mol. The lowest BCUT2D eigenvalue weighted by Crippen LogP contribution is -2.54. The zero-order valence-electron chi connectivity index (χ0n) is 17.6. The molecule has 2 bridgehead atoms. The number of amides is 4. The maximum Gasteiger partial charge on any atom is 0.262 e. The average molecular weight is 425 g/mol. The standard InChI is InChI=1S/C23H28N4O4/c1-12(8-13-9-14-2-3-15(10-13)25-14)24-16-4-5-17-18(11-16)23(31)27(22(17)30)19-6-7-20(28)26-21(19)29/h4-5,11-15,19,24-25H,2-3,6-10H2,1H3,(H,26,28,29). The van der Waals surface area contributed by atoms with Gasteiger partial charge in [0.25, 0.3) is 11.8 Å². The van der Waals surface area contributed by atoms with Crippen molar-refractivity contribution in [3.63, 3.8) is 0 Å². The summed E-state index contributed by atoms with van der Waals surface area (Å²) in [7, 11) is 0. The Morgan fingerprint density at radius 3 is 2.45 bits per heavy atom. The molecule has 1 aromatic carbocycles. The fourth-order valence-corrected chi connectivity index (χ4v) is 5.77. The molecule has 8 heteroatoms. The number of hydrogen-bond acceptors (Lipinski definition) is 6. The summed E-state index contributed by atoms with van der Waals surface area (Å²) in [6.07, 6.45) is 6.37. The Labute approximate surface area is 181 Å². The summed E-state index contributed by atoms with van der Waals surface area (Å²) in [6.45, 7) is 2.15. The molecule has 5 rings (SSSR count). The quantitative estimate of drug-likeness (QED) is 0.623. The zero-order valence-corrected chi connectivity index (χ0v) is 17.6. The molecular formula is C23H28N4O4. The molecule has 0 spiro atoms. The maximum absolute atomic E-state index is 13.0. The number of carbonyl (C=O) groups is 4. The Morgan fingerprint density at radius 2 is 1.74 bits per heavy atom. The summed E-state index contributed by atoms with van der Waals surface area (Å²) in [5.41, 5.74) is 1.42. The van der Waals surface area contributed by atoms with Crippen LogP contribution in [0.2, 0.25) is 0 Å². The number of fused-ring (bicyclic) bond motifs is 3. The highest BCUT2D eigenvalue weighted by Gasteiger charge is 2.44. The van der Waals surface area contributed by atoms with Gasteiger partial charge in [-0.15, -0.1) is 0 Å². The Morgan fingerprint density at radius 1 is 1.03 bits per heavy atom. The predicted octanol–water partition coefficient (Wildman–Crippen LogP) is 1.81. The highest BCUT2D eigenvalue weighted by Crippen LogP contribution is 2.34. The summed E-state index contributed by atoms with van der Waals surface area (Å²) in [6, 6.07) is 5.83. The Bertz CT molecular complexity index is 949. The van der Waals surface area contributed by atoms with E-state index < -0.39 is 23.8 Å². The highest BCUT2D eigenvalue weighted by molar-refractivity contribution is 6.23. The second-order valence-electron chi connectivity index (χ2n) is 9.46. The van der Waals surface area contributed by atoms with Crippen LogP contribution in [0, 0.1) is 5.92 Å². The lowest BCUT2D eigenvalue weighted by molar-refractivity contribution is -0.136. The van der Waals surface area contributed by atoms with Crippen LogP contribution in [0.4, 0.5) is 5.69 Å². The topological polar surface area (TPSA) is 108 Å². The van der Waals surface area contributed by atoms with E-state index >= 15 is 0 Å². The minimum absolute atomic E-state index is 0.118. The molecule has 4 unspecified atom stereocenters. The number of nitrogens with one attached hydrogen (secondary N) is 3. The van der Waals surface area contributed by atoms with Crippen LogP contribution < -0.4 is 16.0 Å². The molecule has 164 valence electrons. The largest absolute Gasteiger partial charge is 0.383 e. The third-order valence-electron chi connectivity index (χ3n) is 7.11. The summed E-state index contributed by atoms with van der Waals surface area (Å²) < 4.78 is 0. The zero-order chi connectivity index (χ0) is 21.7. The van der Waals surface area contributed by atoms with Crippen molar-refractivity contribution in [3.8, 4) is 0 Å². The van der Waals surface area contributed by atoms with Crippen LogP contribution in [0.5, 0.6) is 0 Å². The van der Waals surface area contributed by atoms with E-state index in [0.717, 1.165) is 17.0 Å². The molecule has 3 N–H and O–H groups in total. The fourth-order valence-electron chi connectivity index (χ4n) is 5.77. The molecule has 4 amide bonds. The van der Waals surface area contributed by atoms with Gasteiger partial charge in [0.1, 0.15) is 6.04 Å². The monoisotopic (exact) mass is 424 g/mol. The minimum atomic E-state index is -0.935. The third kappa shape index (κ3) is 3.73. The second kappa shape index (κ2) is 7.75. The number of rotatable bonds is 5. The van der Waals surface area contributed by atoms with Crippen molar-refractivity contribution in [1.29, 1.82) is 0 Å². The fraction of sp³-hybridized carbons (Fsp3) is 0.565. The van der Waals surface area contributed by atoms with Gasteiger partial charge in [0.2, 0.25) is 11.8 Å². The van der Waals surface area contributed by atoms with Crippen LogP contribution in [0.25, 0.3) is 0 Å². The van der Waals surface area contributed by atoms with Crippen molar-refractivity contribution in [2.45, 2.75) is 76.0 Å². The Hall–Kier alpha value is -2.74. The van der Waals surface area contributed by atoms with E-state index in [4.69, 9.17) is 0 Å². The van der Waals surface area contributed by atoms with Gasteiger partial charge in [-0.3, -0.25) is 29.4 Å². The van der Waals surface area contributed by atoms with Gasteiger partial charge >= 0.3 is 0 Å². The van der Waals surface area contributed by atoms with Crippen molar-refractivity contribution in [2.75, 3.05) is 5.32 Å². The molecule has 0 radical (unpaired) electrons. The SMILES string of the molecule is CC(CC1CC2CCC(C1)N2)Nc1ccc2c(c1)C(=O)N(C1CCC(=O)NC1=O)C2=O. The van der Waals surface area contributed by atoms with E-state index in [1.807, 2.05) is 6.07 Å². The van der Waals surface area contributed by atoms with Gasteiger partial charge in [0.05, 0.1) is 11.1 Å². The van der Waals surface area contributed by atoms with Crippen LogP contribution in [-0.2, 0) is 9.59 Å². The van der Waals surface area contributed by atoms with Gasteiger partial charge in [0, 0.05) is 30.2 Å². The molecule has 3 saturated heterocycles. The van der Waals surface area contributed by atoms with E-state index in [1.54, 1.807) is 12.1 Å². The van der Waals surface area contributed by atoms with Crippen molar-refractivity contribution in [3.05, 3.63) is 29.3 Å². The maximum atomic E-state index is 13.0.